The predicted octanol–water partition coefficient (Wildman–Crippen LogP) is 6.01. The van der Waals surface area contributed by atoms with Gasteiger partial charge in [0.05, 0.1) is 36.7 Å². The van der Waals surface area contributed by atoms with Crippen molar-refractivity contribution in [1.29, 1.82) is 0 Å². The number of hydrogen-bond donors (Lipinski definition) is 15. The molecule has 0 spiro atoms. The number of Topliss-reactive ketones (excluding diaryl/α,β-unsaturated/α-hetero) is 4. The van der Waals surface area contributed by atoms with E-state index in [-0.39, 0.29) is 162 Å². The van der Waals surface area contributed by atoms with Crippen molar-refractivity contribution in [3.05, 3.63) is 60.8 Å². The third kappa shape index (κ3) is 42.4. The molecule has 0 aromatic rings. The van der Waals surface area contributed by atoms with Crippen molar-refractivity contribution in [1.82, 2.24) is 79.8 Å². The molecule has 15 N–H and O–H groups in total. The Morgan fingerprint density at radius 2 is 0.713 bits per heavy atom. The topological polar surface area (TPSA) is 463 Å². The second-order valence-corrected chi connectivity index (χ2v) is 31.6. The van der Waals surface area contributed by atoms with Gasteiger partial charge in [0.25, 0.3) is 0 Å². The average Bonchev–Trinajstić information content (AvgIpc) is 0.875. The van der Waals surface area contributed by atoms with Gasteiger partial charge in [-0.3, -0.25) is 52.7 Å². The molecule has 0 aromatic carbocycles. The minimum absolute atomic E-state index is 0.0364. The SMILES string of the molecule is CCC(C)[C@H](NC(=O)NC)C(=O)C[C@H]1CCCCNC(=O)/C=C/[C@H](C(C)C)NC1=O.CNC(=O)N[C@H](C(=O)C[C@H]1/C=C/CCOC(=O)/C=C/[C@H](C(C)C)NC1=O)C(C)C.CNC(=O)N[C@H](C(=O)C[C@H]1CCCCNC(=O)/C=C/[C@H](C(C)C)NC1=O)C(C)C.CNC(=O)N[C@H](C(=O)C[C@H]1CCCCNC(=O)/C=C/[C@H](C)NC1=O)C(C)C. The highest BCUT2D eigenvalue weighted by Gasteiger charge is 2.35. The van der Waals surface area contributed by atoms with Crippen LogP contribution in [0.15, 0.2) is 60.8 Å². The number of ether oxygens (including phenoxy) is 1. The Bertz CT molecular complexity index is 3330. The van der Waals surface area contributed by atoms with Gasteiger partial charge in [-0.05, 0) is 93.3 Å². The van der Waals surface area contributed by atoms with Gasteiger partial charge in [0.1, 0.15) is 0 Å². The van der Waals surface area contributed by atoms with E-state index in [9.17, 15) is 76.7 Å². The maximum Gasteiger partial charge on any atom is 0.330 e. The lowest BCUT2D eigenvalue weighted by atomic mass is 9.87. The zero-order chi connectivity index (χ0) is 87.0. The molecule has 4 heterocycles. The molecule has 4 aliphatic rings. The van der Waals surface area contributed by atoms with Crippen molar-refractivity contribution in [2.45, 2.75) is 249 Å². The normalized spacial score (nSPS) is 23.7. The zero-order valence-corrected chi connectivity index (χ0v) is 71.6. The summed E-state index contributed by atoms with van der Waals surface area (Å²) in [5.41, 5.74) is 0. The van der Waals surface area contributed by atoms with Gasteiger partial charge in [-0.25, -0.2) is 24.0 Å². The summed E-state index contributed by atoms with van der Waals surface area (Å²) in [4.78, 5) is 197. The van der Waals surface area contributed by atoms with E-state index in [1.807, 2.05) is 96.9 Å². The summed E-state index contributed by atoms with van der Waals surface area (Å²) >= 11 is 0. The van der Waals surface area contributed by atoms with Gasteiger partial charge in [-0.1, -0.05) is 159 Å². The highest BCUT2D eigenvalue weighted by atomic mass is 16.5. The first-order valence-electron chi connectivity index (χ1n) is 40.9. The second kappa shape index (κ2) is 56.5. The van der Waals surface area contributed by atoms with E-state index in [0.717, 1.165) is 44.9 Å². The third-order valence-electron chi connectivity index (χ3n) is 19.9. The van der Waals surface area contributed by atoms with Crippen LogP contribution >= 0.6 is 0 Å². The van der Waals surface area contributed by atoms with Crippen molar-refractivity contribution in [2.75, 3.05) is 54.4 Å². The fourth-order valence-corrected chi connectivity index (χ4v) is 12.4. The lowest BCUT2D eigenvalue weighted by Crippen LogP contribution is -2.49. The fraction of sp³-hybridized carbons (Fsp3) is 0.687. The third-order valence-corrected chi connectivity index (χ3v) is 19.9. The Balaban J connectivity index is 0.000000767. The Kier molecular flexibility index (Phi) is 50.7. The molecule has 0 fully saturated rings. The first-order valence-corrected chi connectivity index (χ1v) is 40.9. The van der Waals surface area contributed by atoms with E-state index in [1.165, 1.54) is 52.5 Å². The monoisotopic (exact) mass is 1620 g/mol. The van der Waals surface area contributed by atoms with Crippen molar-refractivity contribution in [3.63, 3.8) is 0 Å². The summed E-state index contributed by atoms with van der Waals surface area (Å²) in [5, 5.41) is 40.7. The first kappa shape index (κ1) is 103. The molecule has 648 valence electrons. The number of rotatable bonds is 24. The van der Waals surface area contributed by atoms with Gasteiger partial charge in [0, 0.05) is 140 Å². The van der Waals surface area contributed by atoms with Crippen LogP contribution < -0.4 is 79.8 Å². The van der Waals surface area contributed by atoms with Gasteiger partial charge < -0.3 is 84.5 Å². The van der Waals surface area contributed by atoms with Crippen LogP contribution in [0, 0.1) is 65.1 Å². The molecule has 15 amide bonds. The fourth-order valence-electron chi connectivity index (χ4n) is 12.4. The van der Waals surface area contributed by atoms with Gasteiger partial charge in [-0.15, -0.1) is 0 Å². The van der Waals surface area contributed by atoms with Gasteiger partial charge in [0.2, 0.25) is 41.4 Å². The quantitative estimate of drug-likeness (QED) is 0.0389. The van der Waals surface area contributed by atoms with Crippen LogP contribution in [0.4, 0.5) is 19.2 Å². The van der Waals surface area contributed by atoms with Gasteiger partial charge in [0.15, 0.2) is 23.1 Å². The van der Waals surface area contributed by atoms with Crippen molar-refractivity contribution < 1.29 is 81.4 Å². The van der Waals surface area contributed by atoms with Gasteiger partial charge in [-0.2, -0.15) is 0 Å². The van der Waals surface area contributed by atoms with E-state index in [2.05, 4.69) is 79.8 Å². The number of esters is 1. The predicted molar refractivity (Wildman–Crippen MR) is 442 cm³/mol. The number of hydrogen-bond acceptors (Lipinski definition) is 17. The molecule has 0 saturated heterocycles. The highest BCUT2D eigenvalue weighted by molar-refractivity contribution is 5.96. The standard InChI is InChI=1S/C22H38N4O4.C21H36N4O4.C21H33N3O5.C19H32N4O4/c1-6-15(4)20(26-22(30)23-5)18(27)13-16-9-7-8-12-24-19(28)11-10-17(14(2)3)25-21(16)29;1-13(2)16-9-10-18(27)23-11-7-6-8-15(20(28)24-16)12-17(26)19(14(3)4)25-21(29)22-5;1-13(2)16-9-10-18(26)29-11-7-6-8-15(20(27)23-16)12-17(25)19(14(3)4)24-21(28)22-5;1-12(2)17(23-19(27)20-4)15(24)11-14-7-5-6-10-21-16(25)9-8-13(3)22-18(14)26/h10-11,14-17,20H,6-9,12-13H2,1-5H3,(H,24,28)(H,25,29)(H2,23,26,30);9-10,13-16,19H,6-8,11-12H2,1-5H3,(H,23,27)(H,24,28)(H2,22,25,29);6,8-10,13-16,19H,7,11-12H2,1-5H3,(H,23,27)(H2,22,24,28);8-9,12-14,17H,5-7,10-11H2,1-4H3,(H,21,25)(H,22,26)(H2,20,23,27)/b11-10+;10-9+;8-6+,10-9+;9-8+/t15?,16-,17-,20+;2*15-,16-,19+;13-,14+,17-/m1110/s1. The Labute approximate surface area is 681 Å². The summed E-state index contributed by atoms with van der Waals surface area (Å²) in [6.07, 6.45) is 23.0. The Morgan fingerprint density at radius 3 is 1.05 bits per heavy atom. The molecule has 0 aromatic heterocycles. The smallest absolute Gasteiger partial charge is 0.330 e. The van der Waals surface area contributed by atoms with Crippen LogP contribution in [0.25, 0.3) is 0 Å². The number of urea groups is 4. The molecular formula is C83H139N15O17. The van der Waals surface area contributed by atoms with Gasteiger partial charge >= 0.3 is 30.1 Å². The molecule has 32 nitrogen and oxygen atoms in total. The molecule has 32 heteroatoms. The summed E-state index contributed by atoms with van der Waals surface area (Å²) in [7, 11) is 5.97. The minimum Gasteiger partial charge on any atom is -0.462 e. The molecule has 0 radical (unpaired) electrons. The maximum atomic E-state index is 13.0. The number of nitrogens with one attached hydrogen (secondary N) is 15. The molecule has 0 saturated carbocycles. The number of cyclic esters (lactones) is 1. The summed E-state index contributed by atoms with van der Waals surface area (Å²) in [6.45, 7) is 30.3. The van der Waals surface area contributed by atoms with Crippen LogP contribution in [0.3, 0.4) is 0 Å². The number of carbonyl (C=O) groups excluding carboxylic acids is 16. The maximum absolute atomic E-state index is 13.0. The van der Waals surface area contributed by atoms with Crippen LogP contribution in [0.5, 0.6) is 0 Å². The lowest BCUT2D eigenvalue weighted by Gasteiger charge is -2.27. The molecule has 13 atom stereocenters. The molecule has 4 aliphatic heterocycles. The average molecular weight is 1620 g/mol. The minimum atomic E-state index is -0.695. The first-order chi connectivity index (χ1) is 54.2. The van der Waals surface area contributed by atoms with Crippen LogP contribution in [0.1, 0.15) is 200 Å². The number of ketones is 4. The largest absolute Gasteiger partial charge is 0.462 e. The zero-order valence-electron chi connectivity index (χ0n) is 71.6. The number of amides is 15. The van der Waals surface area contributed by atoms with E-state index >= 15 is 0 Å². The van der Waals surface area contributed by atoms with Crippen molar-refractivity contribution in [2.24, 2.45) is 65.1 Å². The van der Waals surface area contributed by atoms with E-state index in [0.29, 0.717) is 45.3 Å². The summed E-state index contributed by atoms with van der Waals surface area (Å²) < 4.78 is 5.10. The van der Waals surface area contributed by atoms with Crippen LogP contribution in [0.2, 0.25) is 0 Å². The molecule has 4 rings (SSSR count). The summed E-state index contributed by atoms with van der Waals surface area (Å²) in [6, 6.07) is -5.58. The molecule has 115 heavy (non-hydrogen) atoms. The Morgan fingerprint density at radius 1 is 0.400 bits per heavy atom. The van der Waals surface area contributed by atoms with Crippen molar-refractivity contribution >= 4 is 94.6 Å². The molecule has 1 unspecified atom stereocenters. The molecule has 0 bridgehead atoms. The van der Waals surface area contributed by atoms with Crippen LogP contribution in [-0.2, 0) is 62.3 Å². The highest BCUT2D eigenvalue weighted by Crippen LogP contribution is 2.24. The van der Waals surface area contributed by atoms with Crippen LogP contribution in [-0.4, -0.2) is 197 Å². The van der Waals surface area contributed by atoms with E-state index in [1.54, 1.807) is 43.4 Å². The van der Waals surface area contributed by atoms with E-state index < -0.39 is 77.9 Å². The van der Waals surface area contributed by atoms with E-state index in [4.69, 9.17) is 4.74 Å². The van der Waals surface area contributed by atoms with Crippen molar-refractivity contribution in [3.8, 4) is 0 Å². The lowest BCUT2D eigenvalue weighted by molar-refractivity contribution is -0.138. The summed E-state index contributed by atoms with van der Waals surface area (Å²) in [5.74, 6) is -4.68. The number of carbonyl (C=O) groups is 16. The Hall–Kier alpha value is -9.78. The molecule has 0 aliphatic carbocycles. The molecular weight excluding hydrogens is 1480 g/mol. The second-order valence-electron chi connectivity index (χ2n) is 31.6.